The van der Waals surface area contributed by atoms with Gasteiger partial charge in [-0.2, -0.15) is 0 Å². The van der Waals surface area contributed by atoms with Crippen molar-refractivity contribution in [3.05, 3.63) is 50.9 Å². The number of nitrogens with one attached hydrogen (secondary N) is 1. The van der Waals surface area contributed by atoms with Crippen LogP contribution in [-0.4, -0.2) is 45.5 Å². The molecule has 152 valence electrons. The van der Waals surface area contributed by atoms with Gasteiger partial charge in [0.2, 0.25) is 11.7 Å². The van der Waals surface area contributed by atoms with Crippen molar-refractivity contribution in [1.82, 2.24) is 14.8 Å². The molecule has 0 aliphatic rings. The SMILES string of the molecule is CCN(CC)C(=O)NC(=O)n1c(O)c(C(=O)c2cccs2)c2cc(F)c(Cl)cc21. The smallest absolute Gasteiger partial charge is 0.337 e. The molecule has 0 atom stereocenters. The Morgan fingerprint density at radius 3 is 2.55 bits per heavy atom. The molecule has 0 saturated carbocycles. The monoisotopic (exact) mass is 437 g/mol. The van der Waals surface area contributed by atoms with Crippen LogP contribution in [-0.2, 0) is 0 Å². The molecule has 7 nitrogen and oxygen atoms in total. The van der Waals surface area contributed by atoms with E-state index in [-0.39, 0.29) is 21.5 Å². The number of nitrogens with zero attached hydrogens (tertiary/aromatic N) is 2. The molecule has 0 unspecified atom stereocenters. The summed E-state index contributed by atoms with van der Waals surface area (Å²) in [5, 5.41) is 14.2. The molecule has 3 amide bonds. The van der Waals surface area contributed by atoms with Gasteiger partial charge >= 0.3 is 12.1 Å². The molecule has 0 aliphatic carbocycles. The van der Waals surface area contributed by atoms with Gasteiger partial charge in [-0.3, -0.25) is 10.1 Å². The molecule has 0 bridgehead atoms. The van der Waals surface area contributed by atoms with E-state index in [1.165, 1.54) is 4.90 Å². The lowest BCUT2D eigenvalue weighted by atomic mass is 10.1. The number of urea groups is 1. The van der Waals surface area contributed by atoms with E-state index in [2.05, 4.69) is 5.32 Å². The summed E-state index contributed by atoms with van der Waals surface area (Å²) in [4.78, 5) is 39.5. The van der Waals surface area contributed by atoms with Crippen molar-refractivity contribution >= 4 is 51.7 Å². The summed E-state index contributed by atoms with van der Waals surface area (Å²) in [7, 11) is 0. The first-order valence-electron chi connectivity index (χ1n) is 8.70. The molecule has 29 heavy (non-hydrogen) atoms. The van der Waals surface area contributed by atoms with Crippen LogP contribution < -0.4 is 5.32 Å². The van der Waals surface area contributed by atoms with Crippen LogP contribution in [0.15, 0.2) is 29.6 Å². The standard InChI is InChI=1S/C19H17ClFN3O4S/c1-3-23(4-2)18(27)22-19(28)24-13-9-11(20)12(21)8-10(13)15(17(24)26)16(25)14-6-5-7-29-14/h5-9,26H,3-4H2,1-2H3,(H,22,27,28). The number of carbonyl (C=O) groups excluding carboxylic acids is 3. The predicted molar refractivity (Wildman–Crippen MR) is 109 cm³/mol. The van der Waals surface area contributed by atoms with Crippen LogP contribution in [0.2, 0.25) is 5.02 Å². The molecule has 3 aromatic rings. The van der Waals surface area contributed by atoms with Gasteiger partial charge in [-0.25, -0.2) is 18.5 Å². The molecule has 0 fully saturated rings. The van der Waals surface area contributed by atoms with E-state index in [9.17, 15) is 23.9 Å². The number of halogens is 2. The highest BCUT2D eigenvalue weighted by atomic mass is 35.5. The average molecular weight is 438 g/mol. The Balaban J connectivity index is 2.16. The summed E-state index contributed by atoms with van der Waals surface area (Å²) >= 11 is 6.98. The van der Waals surface area contributed by atoms with Gasteiger partial charge < -0.3 is 10.0 Å². The molecular weight excluding hydrogens is 421 g/mol. The van der Waals surface area contributed by atoms with Gasteiger partial charge in [0.25, 0.3) is 0 Å². The number of thiophene rings is 1. The molecule has 0 saturated heterocycles. The molecule has 0 aliphatic heterocycles. The number of hydrogen-bond acceptors (Lipinski definition) is 5. The summed E-state index contributed by atoms with van der Waals surface area (Å²) in [5.74, 6) is -2.09. The Kier molecular flexibility index (Phi) is 5.90. The third-order valence-corrected chi connectivity index (χ3v) is 5.58. The van der Waals surface area contributed by atoms with Crippen LogP contribution in [0.1, 0.15) is 29.1 Å². The third kappa shape index (κ3) is 3.70. The minimum atomic E-state index is -0.989. The highest BCUT2D eigenvalue weighted by molar-refractivity contribution is 7.12. The van der Waals surface area contributed by atoms with E-state index in [1.807, 2.05) is 0 Å². The number of fused-ring (bicyclic) bond motifs is 1. The van der Waals surface area contributed by atoms with Gasteiger partial charge in [0, 0.05) is 18.5 Å². The van der Waals surface area contributed by atoms with Crippen molar-refractivity contribution in [2.24, 2.45) is 0 Å². The number of aromatic nitrogens is 1. The molecule has 0 spiro atoms. The zero-order valence-electron chi connectivity index (χ0n) is 15.5. The van der Waals surface area contributed by atoms with Crippen molar-refractivity contribution in [3.63, 3.8) is 0 Å². The lowest BCUT2D eigenvalue weighted by molar-refractivity contribution is 0.104. The molecule has 1 aromatic carbocycles. The summed E-state index contributed by atoms with van der Waals surface area (Å²) in [6.45, 7) is 4.23. The molecule has 2 aromatic heterocycles. The van der Waals surface area contributed by atoms with Crippen molar-refractivity contribution in [2.45, 2.75) is 13.8 Å². The van der Waals surface area contributed by atoms with Crippen molar-refractivity contribution in [2.75, 3.05) is 13.1 Å². The van der Waals surface area contributed by atoms with Crippen molar-refractivity contribution < 1.29 is 23.9 Å². The molecular formula is C19H17ClFN3O4S. The zero-order valence-corrected chi connectivity index (χ0v) is 17.1. The number of ketones is 1. The number of benzene rings is 1. The van der Waals surface area contributed by atoms with Crippen LogP contribution in [0.25, 0.3) is 10.9 Å². The first-order valence-corrected chi connectivity index (χ1v) is 9.96. The van der Waals surface area contributed by atoms with Gasteiger partial charge in [0.05, 0.1) is 21.0 Å². The first kappa shape index (κ1) is 20.8. The molecule has 10 heteroatoms. The third-order valence-electron chi connectivity index (χ3n) is 4.42. The minimum Gasteiger partial charge on any atom is -0.494 e. The fourth-order valence-electron chi connectivity index (χ4n) is 2.97. The molecule has 3 rings (SSSR count). The lowest BCUT2D eigenvalue weighted by Gasteiger charge is -2.18. The normalized spacial score (nSPS) is 10.9. The Hall–Kier alpha value is -2.91. The predicted octanol–water partition coefficient (Wildman–Crippen LogP) is 4.45. The number of aromatic hydroxyl groups is 1. The highest BCUT2D eigenvalue weighted by Crippen LogP contribution is 2.36. The maximum absolute atomic E-state index is 14.1. The summed E-state index contributed by atoms with van der Waals surface area (Å²) in [6.07, 6.45) is 0. The van der Waals surface area contributed by atoms with Crippen LogP contribution in [0.3, 0.4) is 0 Å². The number of hydrogen-bond donors (Lipinski definition) is 2. The second-order valence-corrected chi connectivity index (χ2v) is 7.39. The Bertz CT molecular complexity index is 1110. The van der Waals surface area contributed by atoms with Gasteiger partial charge in [0.1, 0.15) is 5.82 Å². The topological polar surface area (TPSA) is 91.6 Å². The Labute approximate surface area is 174 Å². The molecule has 2 heterocycles. The summed E-state index contributed by atoms with van der Waals surface area (Å²) < 4.78 is 14.8. The number of imide groups is 1. The van der Waals surface area contributed by atoms with Gasteiger partial charge in [-0.1, -0.05) is 17.7 Å². The Morgan fingerprint density at radius 2 is 1.97 bits per heavy atom. The van der Waals surface area contributed by atoms with Crippen molar-refractivity contribution in [3.8, 4) is 5.88 Å². The van der Waals surface area contributed by atoms with Crippen molar-refractivity contribution in [1.29, 1.82) is 0 Å². The maximum atomic E-state index is 14.1. The number of amides is 3. The second kappa shape index (κ2) is 8.22. The van der Waals surface area contributed by atoms with Gasteiger partial charge in [0.15, 0.2) is 0 Å². The average Bonchev–Trinajstić information content (AvgIpc) is 3.29. The summed E-state index contributed by atoms with van der Waals surface area (Å²) in [5.41, 5.74) is -0.248. The fourth-order valence-corrected chi connectivity index (χ4v) is 3.79. The van der Waals surface area contributed by atoms with Crippen LogP contribution >= 0.6 is 22.9 Å². The van der Waals surface area contributed by atoms with E-state index >= 15 is 0 Å². The van der Waals surface area contributed by atoms with Crippen LogP contribution in [0.5, 0.6) is 5.88 Å². The Morgan fingerprint density at radius 1 is 1.28 bits per heavy atom. The number of carbonyl (C=O) groups is 3. The van der Waals surface area contributed by atoms with E-state index in [0.717, 1.165) is 28.0 Å². The maximum Gasteiger partial charge on any atom is 0.337 e. The molecule has 2 N–H and O–H groups in total. The highest BCUT2D eigenvalue weighted by Gasteiger charge is 2.29. The van der Waals surface area contributed by atoms with Crippen LogP contribution in [0.4, 0.5) is 14.0 Å². The van der Waals surface area contributed by atoms with Gasteiger partial charge in [-0.05, 0) is 37.4 Å². The summed E-state index contributed by atoms with van der Waals surface area (Å²) in [6, 6.07) is 3.65. The van der Waals surface area contributed by atoms with E-state index in [4.69, 9.17) is 11.6 Å². The van der Waals surface area contributed by atoms with E-state index in [0.29, 0.717) is 18.0 Å². The number of rotatable bonds is 4. The molecule has 0 radical (unpaired) electrons. The quantitative estimate of drug-likeness (QED) is 0.590. The zero-order chi connectivity index (χ0) is 21.3. The largest absolute Gasteiger partial charge is 0.494 e. The second-order valence-electron chi connectivity index (χ2n) is 6.03. The lowest BCUT2D eigenvalue weighted by Crippen LogP contribution is -2.44. The fraction of sp³-hybridized carbons (Fsp3) is 0.211. The van der Waals surface area contributed by atoms with Gasteiger partial charge in [-0.15, -0.1) is 11.3 Å². The minimum absolute atomic E-state index is 0.00125. The van der Waals surface area contributed by atoms with E-state index < -0.39 is 29.5 Å². The van der Waals surface area contributed by atoms with Crippen LogP contribution in [0, 0.1) is 5.82 Å². The first-order chi connectivity index (χ1) is 13.8. The van der Waals surface area contributed by atoms with E-state index in [1.54, 1.807) is 31.4 Å².